The molecule has 2 aliphatic rings. The lowest BCUT2D eigenvalue weighted by atomic mass is 9.79. The molecule has 0 saturated carbocycles. The summed E-state index contributed by atoms with van der Waals surface area (Å²) in [7, 11) is 0. The molecule has 0 spiro atoms. The number of rotatable bonds is 7. The van der Waals surface area contributed by atoms with E-state index in [0.717, 1.165) is 43.0 Å². The predicted octanol–water partition coefficient (Wildman–Crippen LogP) is 7.20. The molecule has 6 N–H and O–H groups in total. The molecule has 3 aromatic heterocycles. The highest BCUT2D eigenvalue weighted by Gasteiger charge is 2.39. The number of hydrogen-bond acceptors (Lipinski definition) is 12. The van der Waals surface area contributed by atoms with Gasteiger partial charge in [0.1, 0.15) is 23.1 Å². The molecule has 0 atom stereocenters. The smallest absolute Gasteiger partial charge is 0.148 e. The van der Waals surface area contributed by atoms with Gasteiger partial charge in [0.15, 0.2) is 0 Å². The van der Waals surface area contributed by atoms with Crippen LogP contribution in [-0.2, 0) is 0 Å². The van der Waals surface area contributed by atoms with E-state index in [0.29, 0.717) is 40.2 Å². The molecule has 0 amide bonds. The van der Waals surface area contributed by atoms with Crippen LogP contribution in [0.3, 0.4) is 0 Å². The first kappa shape index (κ1) is 39.1. The van der Waals surface area contributed by atoms with Crippen molar-refractivity contribution in [2.24, 2.45) is 0 Å². The Labute approximate surface area is 323 Å². The van der Waals surface area contributed by atoms with Crippen molar-refractivity contribution in [1.29, 1.82) is 5.26 Å². The monoisotopic (exact) mass is 743 g/mol. The third-order valence-electron chi connectivity index (χ3n) is 9.84. The summed E-state index contributed by atoms with van der Waals surface area (Å²) in [4.78, 5) is 0. The number of anilines is 2. The van der Waals surface area contributed by atoms with Crippen LogP contribution in [0.4, 0.5) is 11.6 Å². The van der Waals surface area contributed by atoms with Gasteiger partial charge in [-0.05, 0) is 142 Å². The first-order valence-electron chi connectivity index (χ1n) is 18.7. The molecule has 288 valence electrons. The fourth-order valence-corrected chi connectivity index (χ4v) is 8.49. The lowest BCUT2D eigenvalue weighted by Gasteiger charge is -2.46. The van der Waals surface area contributed by atoms with E-state index in [9.17, 15) is 10.2 Å². The molecule has 0 aliphatic carbocycles. The van der Waals surface area contributed by atoms with E-state index in [1.54, 1.807) is 29.1 Å². The molecule has 7 rings (SSSR count). The molecule has 13 heteroatoms. The third kappa shape index (κ3) is 10.1. The van der Waals surface area contributed by atoms with E-state index in [1.165, 1.54) is 6.07 Å². The summed E-state index contributed by atoms with van der Waals surface area (Å²) >= 11 is 0. The Morgan fingerprint density at radius 3 is 1.51 bits per heavy atom. The Hall–Kier alpha value is -5.58. The highest BCUT2D eigenvalue weighted by Crippen LogP contribution is 2.34. The standard InChI is InChI=1S/C22H28N6O.C20H25N5O/c1-21(2)13-15(14-22(3,4)27-21)24-20-9-8-18(25-26-20)17-7-6-16(12-19(17)29)28-11-5-10-23-28;1-19(2)10-14(11-20(3,4)25-19)22-18-8-7-16(23-24-18)15-6-5-13(12-21)9-17(15)26/h5-12,15,27,29H,13-14H2,1-4H3,(H,24,26);5-9,14,25-26H,10-11H2,1-4H3,(H,22,24). The fraction of sp³-hybridized carbons (Fsp3) is 0.429. The molecule has 2 fully saturated rings. The van der Waals surface area contributed by atoms with Crippen LogP contribution < -0.4 is 21.3 Å². The number of nitriles is 1. The number of benzene rings is 2. The number of nitrogens with zero attached hydrogens (tertiary/aromatic N) is 7. The Balaban J connectivity index is 0.000000188. The third-order valence-corrected chi connectivity index (χ3v) is 9.84. The van der Waals surface area contributed by atoms with Crippen LogP contribution in [0, 0.1) is 11.3 Å². The molecule has 5 aromatic rings. The molecular formula is C42H53N11O2. The second-order valence-corrected chi connectivity index (χ2v) is 17.4. The summed E-state index contributed by atoms with van der Waals surface area (Å²) in [5.74, 6) is 1.65. The number of phenols is 2. The molecular weight excluding hydrogens is 691 g/mol. The van der Waals surface area contributed by atoms with Crippen molar-refractivity contribution in [1.82, 2.24) is 40.8 Å². The number of nitrogens with one attached hydrogen (secondary N) is 4. The second-order valence-electron chi connectivity index (χ2n) is 17.4. The van der Waals surface area contributed by atoms with Gasteiger partial charge < -0.3 is 31.5 Å². The van der Waals surface area contributed by atoms with E-state index >= 15 is 0 Å². The maximum absolute atomic E-state index is 10.5. The van der Waals surface area contributed by atoms with Gasteiger partial charge in [0.25, 0.3) is 0 Å². The van der Waals surface area contributed by atoms with Crippen molar-refractivity contribution in [3.8, 4) is 45.8 Å². The molecule has 0 unspecified atom stereocenters. The lowest BCUT2D eigenvalue weighted by Crippen LogP contribution is -2.60. The normalized spacial score (nSPS) is 18.7. The molecule has 55 heavy (non-hydrogen) atoms. The zero-order chi connectivity index (χ0) is 39.6. The Bertz CT molecular complexity index is 2090. The van der Waals surface area contributed by atoms with Crippen LogP contribution in [0.5, 0.6) is 11.5 Å². The molecule has 5 heterocycles. The van der Waals surface area contributed by atoms with Gasteiger partial charge in [-0.2, -0.15) is 10.4 Å². The minimum absolute atomic E-state index is 0.0286. The first-order chi connectivity index (χ1) is 25.9. The molecule has 13 nitrogen and oxygen atoms in total. The largest absolute Gasteiger partial charge is 0.507 e. The number of hydrogen-bond donors (Lipinski definition) is 6. The maximum atomic E-state index is 10.5. The summed E-state index contributed by atoms with van der Waals surface area (Å²) in [6.07, 6.45) is 7.54. The minimum atomic E-state index is 0.0286. The molecule has 2 aromatic carbocycles. The highest BCUT2D eigenvalue weighted by atomic mass is 16.3. The van der Waals surface area contributed by atoms with Crippen molar-refractivity contribution in [2.45, 2.75) is 115 Å². The van der Waals surface area contributed by atoms with Crippen LogP contribution in [0.2, 0.25) is 0 Å². The van der Waals surface area contributed by atoms with Gasteiger partial charge in [0.2, 0.25) is 0 Å². The van der Waals surface area contributed by atoms with Crippen LogP contribution in [0.15, 0.2) is 79.1 Å². The van der Waals surface area contributed by atoms with Crippen LogP contribution in [0.25, 0.3) is 28.2 Å². The zero-order valence-corrected chi connectivity index (χ0v) is 33.0. The Morgan fingerprint density at radius 2 is 1.13 bits per heavy atom. The topological polar surface area (TPSA) is 182 Å². The van der Waals surface area contributed by atoms with E-state index in [1.807, 2.05) is 54.7 Å². The fourth-order valence-electron chi connectivity index (χ4n) is 8.49. The van der Waals surface area contributed by atoms with Crippen molar-refractivity contribution >= 4 is 11.6 Å². The number of piperidine rings is 2. The molecule has 2 aliphatic heterocycles. The second kappa shape index (κ2) is 15.3. The average molecular weight is 744 g/mol. The van der Waals surface area contributed by atoms with Gasteiger partial charge in [0, 0.05) is 63.8 Å². The highest BCUT2D eigenvalue weighted by molar-refractivity contribution is 5.69. The predicted molar refractivity (Wildman–Crippen MR) is 216 cm³/mol. The van der Waals surface area contributed by atoms with Gasteiger partial charge in [-0.15, -0.1) is 20.4 Å². The SMILES string of the molecule is CC1(C)CC(Nc2ccc(-c3ccc(-n4cccn4)cc3O)nn2)CC(C)(C)N1.CC1(C)CC(Nc2ccc(-c3ccc(C#N)cc3O)nn2)CC(C)(C)N1. The zero-order valence-electron chi connectivity index (χ0n) is 33.0. The van der Waals surface area contributed by atoms with Gasteiger partial charge >= 0.3 is 0 Å². The van der Waals surface area contributed by atoms with E-state index in [4.69, 9.17) is 5.26 Å². The summed E-state index contributed by atoms with van der Waals surface area (Å²) in [6, 6.07) is 22.2. The van der Waals surface area contributed by atoms with Gasteiger partial charge in [0.05, 0.1) is 28.7 Å². The Morgan fingerprint density at radius 1 is 0.655 bits per heavy atom. The number of aromatic nitrogens is 6. The molecule has 2 saturated heterocycles. The van der Waals surface area contributed by atoms with Gasteiger partial charge in [-0.25, -0.2) is 4.68 Å². The van der Waals surface area contributed by atoms with Gasteiger partial charge in [-0.1, -0.05) is 0 Å². The van der Waals surface area contributed by atoms with E-state index in [2.05, 4.69) is 102 Å². The first-order valence-corrected chi connectivity index (χ1v) is 18.7. The van der Waals surface area contributed by atoms with Crippen LogP contribution in [0.1, 0.15) is 86.6 Å². The quantitative estimate of drug-likeness (QED) is 0.0988. The van der Waals surface area contributed by atoms with Crippen LogP contribution in [-0.4, -0.2) is 74.6 Å². The van der Waals surface area contributed by atoms with Crippen molar-refractivity contribution in [3.63, 3.8) is 0 Å². The summed E-state index contributed by atoms with van der Waals surface area (Å²) < 4.78 is 1.70. The number of aromatic hydroxyl groups is 2. The molecule has 0 bridgehead atoms. The van der Waals surface area contributed by atoms with Crippen molar-refractivity contribution < 1.29 is 10.2 Å². The number of phenolic OH excluding ortho intramolecular Hbond substituents is 2. The summed E-state index contributed by atoms with van der Waals surface area (Å²) in [6.45, 7) is 17.8. The maximum Gasteiger partial charge on any atom is 0.148 e. The van der Waals surface area contributed by atoms with E-state index in [-0.39, 0.29) is 33.7 Å². The van der Waals surface area contributed by atoms with Crippen molar-refractivity contribution in [2.75, 3.05) is 10.6 Å². The minimum Gasteiger partial charge on any atom is -0.507 e. The van der Waals surface area contributed by atoms with Gasteiger partial charge in [-0.3, -0.25) is 0 Å². The summed E-state index contributed by atoms with van der Waals surface area (Å²) in [5.41, 5.74) is 3.85. The average Bonchev–Trinajstić information content (AvgIpc) is 3.62. The van der Waals surface area contributed by atoms with Crippen LogP contribution >= 0.6 is 0 Å². The molecule has 0 radical (unpaired) electrons. The van der Waals surface area contributed by atoms with Crippen molar-refractivity contribution in [3.05, 3.63) is 84.7 Å². The van der Waals surface area contributed by atoms with E-state index < -0.39 is 0 Å². The lowest BCUT2D eigenvalue weighted by molar-refractivity contribution is 0.170. The summed E-state index contributed by atoms with van der Waals surface area (Å²) in [5, 5.41) is 65.2. The Kier molecular flexibility index (Phi) is 10.9.